The van der Waals surface area contributed by atoms with Crippen molar-refractivity contribution in [1.82, 2.24) is 0 Å². The molecule has 0 saturated carbocycles. The zero-order chi connectivity index (χ0) is 7.49. The summed E-state index contributed by atoms with van der Waals surface area (Å²) in [7, 11) is -3.05. The summed E-state index contributed by atoms with van der Waals surface area (Å²) in [5.74, 6) is 0. The van der Waals surface area contributed by atoms with Gasteiger partial charge in [0, 0.05) is 0 Å². The third-order valence-electron chi connectivity index (χ3n) is 0.783. The monoisotopic (exact) mass is 212 g/mol. The summed E-state index contributed by atoms with van der Waals surface area (Å²) in [4.78, 5) is 0. The van der Waals surface area contributed by atoms with Crippen molar-refractivity contribution in [3.63, 3.8) is 0 Å². The van der Waals surface area contributed by atoms with Crippen molar-refractivity contribution in [2.75, 3.05) is 0 Å². The standard InChI is InChI=1S/C3H8O3S3.Na.H/c1-2-3(8-7)9(4,5)6;;/h3,7H,2H2,1H3,(H,4,5,6);;. The molecule has 0 aromatic rings. The average Bonchev–Trinajstić information content (AvgIpc) is 1.65. The fourth-order valence-corrected chi connectivity index (χ4v) is 2.77. The molecule has 0 heterocycles. The van der Waals surface area contributed by atoms with E-state index in [0.717, 1.165) is 10.8 Å². The van der Waals surface area contributed by atoms with E-state index in [1.807, 2.05) is 0 Å². The average molecular weight is 212 g/mol. The van der Waals surface area contributed by atoms with E-state index in [4.69, 9.17) is 4.55 Å². The van der Waals surface area contributed by atoms with E-state index in [2.05, 4.69) is 11.7 Å². The molecule has 3 nitrogen and oxygen atoms in total. The zero-order valence-electron chi connectivity index (χ0n) is 4.81. The molecule has 1 unspecified atom stereocenters. The van der Waals surface area contributed by atoms with Gasteiger partial charge in [0.25, 0.3) is 10.1 Å². The van der Waals surface area contributed by atoms with Gasteiger partial charge in [-0.15, -0.1) is 11.7 Å². The van der Waals surface area contributed by atoms with Crippen LogP contribution in [0.5, 0.6) is 0 Å². The Morgan fingerprint density at radius 3 is 2.10 bits per heavy atom. The SMILES string of the molecule is CCC(SS)S(=O)(=O)O.[NaH]. The first-order valence-electron chi connectivity index (χ1n) is 2.29. The Balaban J connectivity index is 0. The Bertz CT molecular complexity index is 162. The topological polar surface area (TPSA) is 54.4 Å². The second-order valence-electron chi connectivity index (χ2n) is 1.46. The van der Waals surface area contributed by atoms with Gasteiger partial charge in [-0.25, -0.2) is 0 Å². The van der Waals surface area contributed by atoms with Crippen LogP contribution < -0.4 is 0 Å². The van der Waals surface area contributed by atoms with Crippen LogP contribution in [-0.2, 0) is 10.1 Å². The molecule has 0 aliphatic carbocycles. The predicted octanol–water partition coefficient (Wildman–Crippen LogP) is 0.540. The van der Waals surface area contributed by atoms with Gasteiger partial charge in [0.05, 0.1) is 0 Å². The molecule has 7 heteroatoms. The molecule has 0 aliphatic rings. The Kier molecular flexibility index (Phi) is 8.72. The first-order chi connectivity index (χ1) is 4.02. The molecule has 0 aromatic heterocycles. The molecule has 0 amide bonds. The van der Waals surface area contributed by atoms with E-state index >= 15 is 0 Å². The van der Waals surface area contributed by atoms with Crippen LogP contribution in [0.25, 0.3) is 0 Å². The third kappa shape index (κ3) is 5.29. The van der Waals surface area contributed by atoms with Crippen LogP contribution in [0.3, 0.4) is 0 Å². The van der Waals surface area contributed by atoms with Crippen molar-refractivity contribution in [2.45, 2.75) is 17.9 Å². The molecule has 0 aromatic carbocycles. The second-order valence-corrected chi connectivity index (χ2v) is 4.77. The normalized spacial score (nSPS) is 13.9. The Hall–Kier alpha value is 1.61. The van der Waals surface area contributed by atoms with Gasteiger partial charge in [-0.2, -0.15) is 8.42 Å². The number of hydrogen-bond acceptors (Lipinski definition) is 4. The van der Waals surface area contributed by atoms with Crippen LogP contribution in [0.1, 0.15) is 13.3 Å². The van der Waals surface area contributed by atoms with Crippen molar-refractivity contribution >= 4 is 62.1 Å². The van der Waals surface area contributed by atoms with E-state index in [9.17, 15) is 8.42 Å². The van der Waals surface area contributed by atoms with E-state index in [0.29, 0.717) is 6.42 Å². The molecule has 0 saturated heterocycles. The molecule has 0 spiro atoms. The van der Waals surface area contributed by atoms with Crippen LogP contribution in [0, 0.1) is 0 Å². The molecular formula is C3H9NaO3S3. The quantitative estimate of drug-likeness (QED) is 0.310. The molecule has 0 radical (unpaired) electrons. The molecule has 0 fully saturated rings. The van der Waals surface area contributed by atoms with E-state index in [-0.39, 0.29) is 29.6 Å². The molecule has 1 atom stereocenters. The minimum atomic E-state index is -3.88. The third-order valence-corrected chi connectivity index (χ3v) is 4.56. The first kappa shape index (κ1) is 14.2. The van der Waals surface area contributed by atoms with E-state index in [1.165, 1.54) is 0 Å². The van der Waals surface area contributed by atoms with Crippen molar-refractivity contribution < 1.29 is 13.0 Å². The number of rotatable bonds is 3. The van der Waals surface area contributed by atoms with Gasteiger partial charge in [-0.1, -0.05) is 17.7 Å². The maximum absolute atomic E-state index is 10.3. The molecule has 58 valence electrons. The summed E-state index contributed by atoms with van der Waals surface area (Å²) in [5.41, 5.74) is 0. The van der Waals surface area contributed by atoms with Gasteiger partial charge in [0.2, 0.25) is 0 Å². The van der Waals surface area contributed by atoms with Gasteiger partial charge >= 0.3 is 29.6 Å². The van der Waals surface area contributed by atoms with Gasteiger partial charge < -0.3 is 0 Å². The van der Waals surface area contributed by atoms with Crippen LogP contribution in [-0.4, -0.2) is 47.1 Å². The van der Waals surface area contributed by atoms with Crippen molar-refractivity contribution in [2.24, 2.45) is 0 Å². The first-order valence-corrected chi connectivity index (χ1v) is 5.72. The van der Waals surface area contributed by atoms with Crippen LogP contribution in [0.4, 0.5) is 0 Å². The molecule has 10 heavy (non-hydrogen) atoms. The van der Waals surface area contributed by atoms with Gasteiger partial charge in [-0.05, 0) is 6.42 Å². The van der Waals surface area contributed by atoms with Gasteiger partial charge in [-0.3, -0.25) is 4.55 Å². The fraction of sp³-hybridized carbons (Fsp3) is 1.00. The molecule has 0 bridgehead atoms. The van der Waals surface area contributed by atoms with Crippen LogP contribution in [0.2, 0.25) is 0 Å². The Morgan fingerprint density at radius 1 is 1.70 bits per heavy atom. The summed E-state index contributed by atoms with van der Waals surface area (Å²) < 4.78 is 28.1. The van der Waals surface area contributed by atoms with E-state index < -0.39 is 14.7 Å². The Morgan fingerprint density at radius 2 is 2.10 bits per heavy atom. The van der Waals surface area contributed by atoms with Crippen molar-refractivity contribution in [1.29, 1.82) is 0 Å². The maximum atomic E-state index is 10.3. The summed E-state index contributed by atoms with van der Waals surface area (Å²) in [6.07, 6.45) is 0.368. The van der Waals surface area contributed by atoms with E-state index in [1.54, 1.807) is 6.92 Å². The summed E-state index contributed by atoms with van der Waals surface area (Å²) in [6, 6.07) is 0. The van der Waals surface area contributed by atoms with Crippen LogP contribution in [0.15, 0.2) is 0 Å². The molecule has 1 N–H and O–H groups in total. The minimum absolute atomic E-state index is 0. The second kappa shape index (κ2) is 6.16. The molecule has 0 aliphatic heterocycles. The van der Waals surface area contributed by atoms with Crippen molar-refractivity contribution in [3.8, 4) is 0 Å². The number of thiol groups is 1. The van der Waals surface area contributed by atoms with Crippen LogP contribution >= 0.6 is 22.5 Å². The zero-order valence-corrected chi connectivity index (χ0v) is 7.34. The Labute approximate surface area is 92.2 Å². The predicted molar refractivity (Wildman–Crippen MR) is 49.4 cm³/mol. The molecular weight excluding hydrogens is 203 g/mol. The van der Waals surface area contributed by atoms with Crippen molar-refractivity contribution in [3.05, 3.63) is 0 Å². The summed E-state index contributed by atoms with van der Waals surface area (Å²) in [6.45, 7) is 1.67. The number of hydrogen-bond donors (Lipinski definition) is 2. The summed E-state index contributed by atoms with van der Waals surface area (Å²) in [5, 5.41) is 0. The van der Waals surface area contributed by atoms with Gasteiger partial charge in [0.15, 0.2) is 0 Å². The summed E-state index contributed by atoms with van der Waals surface area (Å²) >= 11 is 3.67. The van der Waals surface area contributed by atoms with Gasteiger partial charge in [0.1, 0.15) is 4.58 Å². The molecule has 0 rings (SSSR count). The fourth-order valence-electron chi connectivity index (χ4n) is 0.340.